The van der Waals surface area contributed by atoms with Crippen LogP contribution in [0.5, 0.6) is 0 Å². The smallest absolute Gasteiger partial charge is 0.329 e. The standard InChI is InChI=1S/C14H12N4O3/c19-13(17-8-10-6-12(17)14(20)21-10)11-7-15-18(16-11)9-4-2-1-3-5-9/h1-5,7,10,12H,6,8H2/t10-,12-/m0/s1. The minimum Gasteiger partial charge on any atom is -0.459 e. The summed E-state index contributed by atoms with van der Waals surface area (Å²) < 4.78 is 5.08. The quantitative estimate of drug-likeness (QED) is 0.746. The predicted molar refractivity (Wildman–Crippen MR) is 70.7 cm³/mol. The number of benzene rings is 1. The van der Waals surface area contributed by atoms with Crippen LogP contribution in [-0.4, -0.2) is 50.5 Å². The Balaban J connectivity index is 1.59. The molecule has 2 aliphatic heterocycles. The summed E-state index contributed by atoms with van der Waals surface area (Å²) in [5.41, 5.74) is 1.01. The van der Waals surface area contributed by atoms with Crippen LogP contribution < -0.4 is 0 Å². The zero-order chi connectivity index (χ0) is 14.4. The van der Waals surface area contributed by atoms with E-state index in [9.17, 15) is 9.59 Å². The molecule has 7 heteroatoms. The third-order valence-electron chi connectivity index (χ3n) is 3.78. The van der Waals surface area contributed by atoms with Crippen LogP contribution in [0.1, 0.15) is 16.9 Å². The van der Waals surface area contributed by atoms with Gasteiger partial charge in [0.1, 0.15) is 12.1 Å². The molecule has 2 saturated heterocycles. The molecule has 2 bridgehead atoms. The molecule has 2 aliphatic rings. The third-order valence-corrected chi connectivity index (χ3v) is 3.78. The van der Waals surface area contributed by atoms with Gasteiger partial charge in [-0.05, 0) is 12.1 Å². The Bertz CT molecular complexity index is 712. The van der Waals surface area contributed by atoms with Gasteiger partial charge in [-0.15, -0.1) is 5.10 Å². The number of hydrogen-bond donors (Lipinski definition) is 0. The van der Waals surface area contributed by atoms with Crippen LogP contribution in [0.2, 0.25) is 0 Å². The number of ether oxygens (including phenoxy) is 1. The second kappa shape index (κ2) is 4.41. The predicted octanol–water partition coefficient (Wildman–Crippen LogP) is 0.407. The zero-order valence-corrected chi connectivity index (χ0v) is 11.0. The number of carbonyl (C=O) groups is 2. The minimum absolute atomic E-state index is 0.171. The third kappa shape index (κ3) is 1.89. The summed E-state index contributed by atoms with van der Waals surface area (Å²) in [6, 6.07) is 8.87. The number of hydrogen-bond acceptors (Lipinski definition) is 5. The van der Waals surface area contributed by atoms with Crippen molar-refractivity contribution in [2.45, 2.75) is 18.6 Å². The monoisotopic (exact) mass is 284 g/mol. The first kappa shape index (κ1) is 12.1. The lowest BCUT2D eigenvalue weighted by Gasteiger charge is -2.24. The fraction of sp³-hybridized carbons (Fsp3) is 0.286. The molecule has 1 aromatic carbocycles. The summed E-state index contributed by atoms with van der Waals surface area (Å²) in [6.07, 6.45) is 1.83. The zero-order valence-electron chi connectivity index (χ0n) is 11.0. The van der Waals surface area contributed by atoms with E-state index >= 15 is 0 Å². The van der Waals surface area contributed by atoms with E-state index < -0.39 is 6.04 Å². The van der Waals surface area contributed by atoms with Crippen LogP contribution in [0.15, 0.2) is 36.5 Å². The van der Waals surface area contributed by atoms with Crippen LogP contribution in [0.25, 0.3) is 5.69 Å². The molecule has 0 saturated carbocycles. The van der Waals surface area contributed by atoms with Crippen molar-refractivity contribution in [3.8, 4) is 5.69 Å². The Morgan fingerprint density at radius 3 is 2.81 bits per heavy atom. The maximum atomic E-state index is 12.4. The van der Waals surface area contributed by atoms with Crippen molar-refractivity contribution >= 4 is 11.9 Å². The molecule has 0 aliphatic carbocycles. The van der Waals surface area contributed by atoms with Crippen molar-refractivity contribution in [1.82, 2.24) is 19.9 Å². The summed E-state index contributed by atoms with van der Waals surface area (Å²) in [5, 5.41) is 8.30. The Kier molecular flexibility index (Phi) is 2.53. The number of fused-ring (bicyclic) bond motifs is 2. The molecule has 4 rings (SSSR count). The van der Waals surface area contributed by atoms with E-state index in [-0.39, 0.29) is 23.7 Å². The number of esters is 1. The number of amides is 1. The molecule has 2 aromatic rings. The molecular weight excluding hydrogens is 272 g/mol. The second-order valence-corrected chi connectivity index (χ2v) is 5.12. The van der Waals surface area contributed by atoms with E-state index in [1.165, 1.54) is 15.9 Å². The molecule has 7 nitrogen and oxygen atoms in total. The van der Waals surface area contributed by atoms with Gasteiger partial charge in [-0.1, -0.05) is 18.2 Å². The van der Waals surface area contributed by atoms with E-state index in [1.807, 2.05) is 30.3 Å². The summed E-state index contributed by atoms with van der Waals surface area (Å²) in [7, 11) is 0. The highest BCUT2D eigenvalue weighted by atomic mass is 16.6. The van der Waals surface area contributed by atoms with Crippen LogP contribution in [-0.2, 0) is 9.53 Å². The maximum absolute atomic E-state index is 12.4. The Morgan fingerprint density at radius 2 is 2.10 bits per heavy atom. The first-order valence-corrected chi connectivity index (χ1v) is 6.71. The Labute approximate surface area is 120 Å². The SMILES string of the molecule is O=C1O[C@H]2C[C@@H]1N(C(=O)c1cnn(-c3ccccc3)n1)C2. The van der Waals surface area contributed by atoms with Gasteiger partial charge in [0.25, 0.3) is 5.91 Å². The number of aromatic nitrogens is 3. The summed E-state index contributed by atoms with van der Waals surface area (Å²) >= 11 is 0. The highest BCUT2D eigenvalue weighted by Crippen LogP contribution is 2.29. The van der Waals surface area contributed by atoms with Crippen LogP contribution >= 0.6 is 0 Å². The fourth-order valence-electron chi connectivity index (χ4n) is 2.77. The number of para-hydroxylation sites is 1. The molecule has 2 fully saturated rings. The van der Waals surface area contributed by atoms with Crippen molar-refractivity contribution in [2.24, 2.45) is 0 Å². The van der Waals surface area contributed by atoms with E-state index in [0.717, 1.165) is 5.69 Å². The molecule has 21 heavy (non-hydrogen) atoms. The van der Waals surface area contributed by atoms with Gasteiger partial charge in [0, 0.05) is 6.42 Å². The van der Waals surface area contributed by atoms with Gasteiger partial charge >= 0.3 is 5.97 Å². The second-order valence-electron chi connectivity index (χ2n) is 5.12. The van der Waals surface area contributed by atoms with Crippen molar-refractivity contribution in [2.75, 3.05) is 6.54 Å². The average Bonchev–Trinajstić information content (AvgIpc) is 3.22. The van der Waals surface area contributed by atoms with Crippen LogP contribution in [0.3, 0.4) is 0 Å². The lowest BCUT2D eigenvalue weighted by molar-refractivity contribution is -0.149. The van der Waals surface area contributed by atoms with Gasteiger partial charge in [0.2, 0.25) is 0 Å². The fourth-order valence-corrected chi connectivity index (χ4v) is 2.77. The first-order chi connectivity index (χ1) is 10.2. The van der Waals surface area contributed by atoms with E-state index in [0.29, 0.717) is 13.0 Å². The molecule has 0 radical (unpaired) electrons. The van der Waals surface area contributed by atoms with Crippen molar-refractivity contribution < 1.29 is 14.3 Å². The molecule has 3 heterocycles. The number of nitrogens with zero attached hydrogens (tertiary/aromatic N) is 4. The van der Waals surface area contributed by atoms with E-state index in [2.05, 4.69) is 10.2 Å². The minimum atomic E-state index is -0.468. The highest BCUT2D eigenvalue weighted by Gasteiger charge is 2.49. The van der Waals surface area contributed by atoms with Crippen LogP contribution in [0.4, 0.5) is 0 Å². The summed E-state index contributed by atoms with van der Waals surface area (Å²) in [4.78, 5) is 26.9. The van der Waals surface area contributed by atoms with Gasteiger partial charge in [-0.25, -0.2) is 4.79 Å². The maximum Gasteiger partial charge on any atom is 0.329 e. The Hall–Kier alpha value is -2.70. The topological polar surface area (TPSA) is 77.3 Å². The van der Waals surface area contributed by atoms with E-state index in [4.69, 9.17) is 4.74 Å². The average molecular weight is 284 g/mol. The van der Waals surface area contributed by atoms with Crippen molar-refractivity contribution in [3.63, 3.8) is 0 Å². The van der Waals surface area contributed by atoms with Gasteiger partial charge < -0.3 is 9.64 Å². The van der Waals surface area contributed by atoms with Crippen molar-refractivity contribution in [1.29, 1.82) is 0 Å². The number of likely N-dealkylation sites (tertiary alicyclic amines) is 1. The van der Waals surface area contributed by atoms with Gasteiger partial charge in [0.05, 0.1) is 18.4 Å². The molecule has 1 amide bonds. The number of carbonyl (C=O) groups excluding carboxylic acids is 2. The molecule has 0 N–H and O–H groups in total. The van der Waals surface area contributed by atoms with Crippen LogP contribution in [0, 0.1) is 0 Å². The number of morpholine rings is 1. The normalized spacial score (nSPS) is 23.4. The molecule has 1 aromatic heterocycles. The lowest BCUT2D eigenvalue weighted by Crippen LogP contribution is -2.44. The summed E-state index contributed by atoms with van der Waals surface area (Å²) in [6.45, 7) is 0.438. The number of rotatable bonds is 2. The highest BCUT2D eigenvalue weighted by molar-refractivity contribution is 5.96. The molecule has 106 valence electrons. The van der Waals surface area contributed by atoms with Gasteiger partial charge in [0.15, 0.2) is 5.69 Å². The van der Waals surface area contributed by atoms with Gasteiger partial charge in [-0.3, -0.25) is 4.79 Å². The van der Waals surface area contributed by atoms with Crippen molar-refractivity contribution in [3.05, 3.63) is 42.2 Å². The lowest BCUT2D eigenvalue weighted by atomic mass is 10.2. The molecular formula is C14H12N4O3. The van der Waals surface area contributed by atoms with Gasteiger partial charge in [-0.2, -0.15) is 9.90 Å². The Morgan fingerprint density at radius 1 is 1.29 bits per heavy atom. The molecule has 0 spiro atoms. The van der Waals surface area contributed by atoms with E-state index in [1.54, 1.807) is 0 Å². The molecule has 2 atom stereocenters. The largest absolute Gasteiger partial charge is 0.459 e. The molecule has 0 unspecified atom stereocenters. The summed E-state index contributed by atoms with van der Waals surface area (Å²) in [5.74, 6) is -0.601. The first-order valence-electron chi connectivity index (χ1n) is 6.71.